The lowest BCUT2D eigenvalue weighted by molar-refractivity contribution is -0.150. The van der Waals surface area contributed by atoms with E-state index in [9.17, 15) is 27.5 Å². The number of fused-ring (bicyclic) bond motifs is 2. The molecule has 2 aromatic rings. The molecule has 2 aliphatic heterocycles. The lowest BCUT2D eigenvalue weighted by atomic mass is 9.38. The fraction of sp³-hybridized carbons (Fsp3) is 0.548. The van der Waals surface area contributed by atoms with Crippen molar-refractivity contribution in [3.8, 4) is 0 Å². The minimum atomic E-state index is -3.41. The summed E-state index contributed by atoms with van der Waals surface area (Å²) < 4.78 is 56.5. The Morgan fingerprint density at radius 3 is 2.53 bits per heavy atom. The summed E-state index contributed by atoms with van der Waals surface area (Å²) in [5.74, 6) is -1.41. The average Bonchev–Trinajstić information content (AvgIpc) is 3.02. The highest BCUT2D eigenvalue weighted by molar-refractivity contribution is 7.89. The van der Waals surface area contributed by atoms with Crippen LogP contribution >= 0.6 is 0 Å². The van der Waals surface area contributed by atoms with Gasteiger partial charge in [0.2, 0.25) is 15.9 Å². The van der Waals surface area contributed by atoms with Crippen molar-refractivity contribution in [1.82, 2.24) is 14.5 Å². The van der Waals surface area contributed by atoms with Gasteiger partial charge in [-0.2, -0.15) is 4.31 Å². The zero-order chi connectivity index (χ0) is 30.5. The molecule has 7 rings (SSSR count). The number of rotatable bonds is 9. The number of halogens is 2. The van der Waals surface area contributed by atoms with Crippen molar-refractivity contribution in [2.75, 3.05) is 31.2 Å². The molecule has 0 spiro atoms. The van der Waals surface area contributed by atoms with E-state index < -0.39 is 45.6 Å². The van der Waals surface area contributed by atoms with E-state index in [0.29, 0.717) is 37.4 Å². The molecule has 5 aliphatic rings. The molecule has 3 N–H and O–H groups in total. The molecule has 2 heterocycles. The lowest BCUT2D eigenvalue weighted by Crippen LogP contribution is -2.62. The Morgan fingerprint density at radius 2 is 1.88 bits per heavy atom. The number of carboxylic acid groups (broad SMARTS) is 1. The summed E-state index contributed by atoms with van der Waals surface area (Å²) in [4.78, 5) is 27.3. The lowest BCUT2D eigenvalue weighted by Gasteiger charge is -2.67. The third-order valence-electron chi connectivity index (χ3n) is 10.1. The summed E-state index contributed by atoms with van der Waals surface area (Å²) in [6.45, 7) is 0.860. The molecule has 2 amide bonds. The quantitative estimate of drug-likeness (QED) is 0.389. The molecule has 3 saturated carbocycles. The first-order valence-electron chi connectivity index (χ1n) is 15.0. The smallest absolute Gasteiger partial charge is 0.407 e. The molecule has 3 unspecified atom stereocenters. The van der Waals surface area contributed by atoms with E-state index in [1.165, 1.54) is 31.3 Å². The highest BCUT2D eigenvalue weighted by Crippen LogP contribution is 2.71. The number of nitrogens with zero attached hydrogens (tertiary/aromatic N) is 2. The van der Waals surface area contributed by atoms with Gasteiger partial charge in [0.25, 0.3) is 0 Å². The van der Waals surface area contributed by atoms with Crippen LogP contribution in [0, 0.1) is 23.0 Å². The standard InChI is InChI=1S/C31H38F2N4O5S/c1-36(30(39)40)28(27(31-14-19(15-31)16-31)20-7-9-21(32)10-8-20)29(38)35-26-6-2-5-25(33)24(26)12-11-23-17-34-22-4-3-13-43(41,42)37(23)18-22/h2,5-10,19,22-23,27-28,34H,3-4,11-18H2,1H3,(H,35,38)(H,39,40)/t19?,22?,23?,27-,28+,31?/m1/s1. The third kappa shape index (κ3) is 5.64. The Morgan fingerprint density at radius 1 is 1.16 bits per heavy atom. The summed E-state index contributed by atoms with van der Waals surface area (Å²) in [5, 5.41) is 16.3. The zero-order valence-electron chi connectivity index (χ0n) is 24.1. The van der Waals surface area contributed by atoms with E-state index in [0.717, 1.165) is 30.6 Å². The van der Waals surface area contributed by atoms with Crippen molar-refractivity contribution in [2.45, 2.75) is 69.0 Å². The van der Waals surface area contributed by atoms with Gasteiger partial charge in [0.15, 0.2) is 0 Å². The number of amides is 2. The Labute approximate surface area is 250 Å². The van der Waals surface area contributed by atoms with Gasteiger partial charge in [-0.3, -0.25) is 9.69 Å². The molecule has 12 heteroatoms. The van der Waals surface area contributed by atoms with Crippen molar-refractivity contribution in [3.05, 3.63) is 65.2 Å². The molecule has 43 heavy (non-hydrogen) atoms. The number of carbonyl (C=O) groups is 2. The second-order valence-electron chi connectivity index (χ2n) is 12.8. The molecule has 4 bridgehead atoms. The van der Waals surface area contributed by atoms with Crippen LogP contribution in [0.15, 0.2) is 42.5 Å². The topological polar surface area (TPSA) is 119 Å². The highest BCUT2D eigenvalue weighted by Gasteiger charge is 2.63. The zero-order valence-corrected chi connectivity index (χ0v) is 25.0. The van der Waals surface area contributed by atoms with Crippen LogP contribution < -0.4 is 10.6 Å². The first kappa shape index (κ1) is 30.0. The van der Waals surface area contributed by atoms with E-state index in [2.05, 4.69) is 10.6 Å². The van der Waals surface area contributed by atoms with E-state index in [1.54, 1.807) is 22.5 Å². The van der Waals surface area contributed by atoms with Crippen LogP contribution in [0.1, 0.15) is 55.6 Å². The highest BCUT2D eigenvalue weighted by atomic mass is 32.2. The van der Waals surface area contributed by atoms with Crippen LogP contribution in [0.5, 0.6) is 0 Å². The number of nitrogens with one attached hydrogen (secondary N) is 2. The normalized spacial score (nSPS) is 30.1. The number of carbonyl (C=O) groups excluding carboxylic acids is 1. The largest absolute Gasteiger partial charge is 0.465 e. The summed E-state index contributed by atoms with van der Waals surface area (Å²) >= 11 is 0. The maximum atomic E-state index is 15.3. The fourth-order valence-corrected chi connectivity index (χ4v) is 9.64. The number of hydrogen-bond acceptors (Lipinski definition) is 5. The van der Waals surface area contributed by atoms with E-state index in [1.807, 2.05) is 0 Å². The molecule has 232 valence electrons. The van der Waals surface area contributed by atoms with Crippen LogP contribution in [-0.2, 0) is 21.2 Å². The Bertz CT molecular complexity index is 1490. The van der Waals surface area contributed by atoms with E-state index in [4.69, 9.17) is 0 Å². The maximum absolute atomic E-state index is 15.3. The molecule has 9 nitrogen and oxygen atoms in total. The molecule has 0 aromatic heterocycles. The summed E-state index contributed by atoms with van der Waals surface area (Å²) in [7, 11) is -2.06. The minimum absolute atomic E-state index is 0.0959. The number of likely N-dealkylation sites (N-methyl/N-ethyl adjacent to an activating group) is 1. The Hall–Kier alpha value is -3.09. The molecule has 2 saturated heterocycles. The van der Waals surface area contributed by atoms with Gasteiger partial charge in [-0.05, 0) is 86.1 Å². The SMILES string of the molecule is CN(C(=O)O)[C@H](C(=O)Nc1cccc(F)c1CCC1CNC2CCCS(=O)(=O)N1C2)[C@@H](c1ccc(F)cc1)C12CC(C1)C2. The monoisotopic (exact) mass is 616 g/mol. The predicted octanol–water partition coefficient (Wildman–Crippen LogP) is 4.16. The fourth-order valence-electron chi connectivity index (χ4n) is 7.83. The number of benzene rings is 2. The van der Waals surface area contributed by atoms with Crippen LogP contribution in [0.25, 0.3) is 0 Å². The van der Waals surface area contributed by atoms with Crippen LogP contribution in [0.2, 0.25) is 0 Å². The van der Waals surface area contributed by atoms with Gasteiger partial charge in [-0.1, -0.05) is 18.2 Å². The molecule has 5 atom stereocenters. The molecular weight excluding hydrogens is 578 g/mol. The van der Waals surface area contributed by atoms with Gasteiger partial charge < -0.3 is 15.7 Å². The Balaban J connectivity index is 1.27. The van der Waals surface area contributed by atoms with Crippen molar-refractivity contribution >= 4 is 27.7 Å². The third-order valence-corrected chi connectivity index (χ3v) is 12.1. The number of piperazine rings is 1. The molecule has 0 radical (unpaired) electrons. The minimum Gasteiger partial charge on any atom is -0.465 e. The van der Waals surface area contributed by atoms with Gasteiger partial charge >= 0.3 is 6.09 Å². The second-order valence-corrected chi connectivity index (χ2v) is 14.8. The average molecular weight is 617 g/mol. The summed E-state index contributed by atoms with van der Waals surface area (Å²) in [5.41, 5.74) is 0.896. The molecule has 2 aromatic carbocycles. The van der Waals surface area contributed by atoms with E-state index in [-0.39, 0.29) is 40.9 Å². The molecule has 5 fully saturated rings. The van der Waals surface area contributed by atoms with Gasteiger partial charge in [0.05, 0.1) is 5.75 Å². The van der Waals surface area contributed by atoms with Crippen LogP contribution in [-0.4, -0.2) is 78.7 Å². The first-order valence-corrected chi connectivity index (χ1v) is 16.6. The number of anilines is 1. The molecular formula is C31H38F2N4O5S. The maximum Gasteiger partial charge on any atom is 0.407 e. The summed E-state index contributed by atoms with van der Waals surface area (Å²) in [6, 6.07) is 8.86. The molecule has 3 aliphatic carbocycles. The predicted molar refractivity (Wildman–Crippen MR) is 157 cm³/mol. The van der Waals surface area contributed by atoms with Crippen molar-refractivity contribution in [1.29, 1.82) is 0 Å². The summed E-state index contributed by atoms with van der Waals surface area (Å²) in [6.07, 6.45) is 3.24. The van der Waals surface area contributed by atoms with E-state index >= 15 is 4.39 Å². The van der Waals surface area contributed by atoms with Gasteiger partial charge in [-0.15, -0.1) is 0 Å². The van der Waals surface area contributed by atoms with Crippen LogP contribution in [0.4, 0.5) is 19.3 Å². The Kier molecular flexibility index (Phi) is 7.97. The van der Waals surface area contributed by atoms with Gasteiger partial charge in [-0.25, -0.2) is 22.0 Å². The van der Waals surface area contributed by atoms with Crippen molar-refractivity contribution in [2.24, 2.45) is 11.3 Å². The van der Waals surface area contributed by atoms with Crippen molar-refractivity contribution < 1.29 is 31.9 Å². The van der Waals surface area contributed by atoms with Gasteiger partial charge in [0, 0.05) is 49.4 Å². The first-order chi connectivity index (χ1) is 20.5. The second kappa shape index (κ2) is 11.4. The van der Waals surface area contributed by atoms with Crippen molar-refractivity contribution in [3.63, 3.8) is 0 Å². The number of sulfonamides is 1. The van der Waals surface area contributed by atoms with Gasteiger partial charge in [0.1, 0.15) is 17.7 Å². The van der Waals surface area contributed by atoms with Crippen LogP contribution in [0.3, 0.4) is 0 Å². The number of hydrogen-bond donors (Lipinski definition) is 3.